The lowest BCUT2D eigenvalue weighted by molar-refractivity contribution is -0.384. The first kappa shape index (κ1) is 21.2. The molecule has 12 heteroatoms. The molecule has 0 bridgehead atoms. The number of nitrogens with zero attached hydrogens (tertiary/aromatic N) is 5. The molecule has 0 spiro atoms. The number of hydrogen-bond donors (Lipinski definition) is 1. The van der Waals surface area contributed by atoms with E-state index in [9.17, 15) is 10.1 Å². The number of hydrogen-bond acceptors (Lipinski definition) is 8. The van der Waals surface area contributed by atoms with E-state index in [4.69, 9.17) is 38.7 Å². The van der Waals surface area contributed by atoms with Gasteiger partial charge in [-0.3, -0.25) is 14.5 Å². The van der Waals surface area contributed by atoms with Gasteiger partial charge < -0.3 is 10.5 Å². The third-order valence-electron chi connectivity index (χ3n) is 4.20. The van der Waals surface area contributed by atoms with Crippen LogP contribution in [-0.4, -0.2) is 36.6 Å². The quantitative estimate of drug-likeness (QED) is 0.133. The monoisotopic (exact) mass is 476 g/mol. The Balaban J connectivity index is 1.49. The largest absolute Gasteiger partial charge is 0.477 e. The summed E-state index contributed by atoms with van der Waals surface area (Å²) in [6, 6.07) is 9.76. The second kappa shape index (κ2) is 8.96. The van der Waals surface area contributed by atoms with E-state index < -0.39 is 4.92 Å². The molecule has 0 amide bonds. The van der Waals surface area contributed by atoms with E-state index in [1.807, 2.05) is 22.7 Å². The minimum atomic E-state index is -0.593. The Labute approximate surface area is 190 Å². The first-order valence-corrected chi connectivity index (χ1v) is 10.6. The zero-order valence-corrected chi connectivity index (χ0v) is 18.1. The Bertz CT molecular complexity index is 1280. The molecule has 3 heterocycles. The van der Waals surface area contributed by atoms with Gasteiger partial charge in [-0.05, 0) is 18.2 Å². The number of anilines is 1. The van der Waals surface area contributed by atoms with Crippen LogP contribution in [0.1, 0.15) is 0 Å². The van der Waals surface area contributed by atoms with E-state index in [1.165, 1.54) is 23.9 Å². The second-order valence-electron chi connectivity index (χ2n) is 6.21. The van der Waals surface area contributed by atoms with Crippen molar-refractivity contribution in [3.63, 3.8) is 0 Å². The highest BCUT2D eigenvalue weighted by atomic mass is 35.5. The van der Waals surface area contributed by atoms with Crippen LogP contribution in [0.5, 0.6) is 5.88 Å². The van der Waals surface area contributed by atoms with Crippen molar-refractivity contribution in [1.29, 1.82) is 0 Å². The lowest BCUT2D eigenvalue weighted by Gasteiger charge is -2.10. The molecule has 1 aromatic carbocycles. The number of ether oxygens (including phenoxy) is 1. The first-order chi connectivity index (χ1) is 14.9. The Morgan fingerprint density at radius 2 is 2.03 bits per heavy atom. The van der Waals surface area contributed by atoms with Crippen molar-refractivity contribution in [2.45, 2.75) is 5.16 Å². The molecule has 0 atom stereocenters. The number of rotatable bonds is 7. The SMILES string of the molecule is Nc1nc(OCCSc2nc(-c3ccc(Cl)cc3Cl)cc3nccn23)ccc1[N+](=O)[O-]. The Morgan fingerprint density at radius 3 is 2.77 bits per heavy atom. The molecule has 31 heavy (non-hydrogen) atoms. The van der Waals surface area contributed by atoms with Crippen molar-refractivity contribution in [3.05, 3.63) is 69.0 Å². The summed E-state index contributed by atoms with van der Waals surface area (Å²) in [7, 11) is 0. The van der Waals surface area contributed by atoms with Crippen molar-refractivity contribution in [1.82, 2.24) is 19.4 Å². The van der Waals surface area contributed by atoms with Gasteiger partial charge in [0, 0.05) is 46.9 Å². The van der Waals surface area contributed by atoms with E-state index in [-0.39, 0.29) is 17.4 Å². The molecular formula is C19H14Cl2N6O3S. The maximum atomic E-state index is 10.8. The predicted octanol–water partition coefficient (Wildman–Crippen LogP) is 4.76. The van der Waals surface area contributed by atoms with Crippen LogP contribution in [0, 0.1) is 10.1 Å². The van der Waals surface area contributed by atoms with Crippen LogP contribution in [0.4, 0.5) is 11.5 Å². The summed E-state index contributed by atoms with van der Waals surface area (Å²) in [5.41, 5.74) is 7.48. The topological polar surface area (TPSA) is 121 Å². The molecule has 0 saturated carbocycles. The van der Waals surface area contributed by atoms with Crippen LogP contribution in [0.3, 0.4) is 0 Å². The maximum absolute atomic E-state index is 10.8. The number of pyridine rings is 1. The van der Waals surface area contributed by atoms with Gasteiger partial charge in [0.2, 0.25) is 11.7 Å². The predicted molar refractivity (Wildman–Crippen MR) is 120 cm³/mol. The van der Waals surface area contributed by atoms with Gasteiger partial charge in [0.15, 0.2) is 5.16 Å². The fourth-order valence-corrected chi connectivity index (χ4v) is 4.11. The third-order valence-corrected chi connectivity index (χ3v) is 5.67. The highest BCUT2D eigenvalue weighted by Gasteiger charge is 2.14. The van der Waals surface area contributed by atoms with Crippen LogP contribution < -0.4 is 10.5 Å². The Morgan fingerprint density at radius 1 is 1.19 bits per heavy atom. The van der Waals surface area contributed by atoms with Crippen molar-refractivity contribution < 1.29 is 9.66 Å². The second-order valence-corrected chi connectivity index (χ2v) is 8.12. The molecule has 2 N–H and O–H groups in total. The summed E-state index contributed by atoms with van der Waals surface area (Å²) in [4.78, 5) is 23.2. The third kappa shape index (κ3) is 4.66. The average Bonchev–Trinajstić information content (AvgIpc) is 3.19. The van der Waals surface area contributed by atoms with Gasteiger partial charge in [-0.1, -0.05) is 35.0 Å². The summed E-state index contributed by atoms with van der Waals surface area (Å²) in [6.07, 6.45) is 3.51. The van der Waals surface area contributed by atoms with Gasteiger partial charge >= 0.3 is 5.69 Å². The summed E-state index contributed by atoms with van der Waals surface area (Å²) in [5.74, 6) is 0.562. The number of halogens is 2. The number of nitrogen functional groups attached to an aromatic ring is 1. The number of benzene rings is 1. The minimum Gasteiger partial charge on any atom is -0.477 e. The molecule has 0 radical (unpaired) electrons. The zero-order chi connectivity index (χ0) is 22.0. The van der Waals surface area contributed by atoms with Crippen LogP contribution in [0.2, 0.25) is 10.0 Å². The van der Waals surface area contributed by atoms with E-state index in [1.54, 1.807) is 18.3 Å². The molecule has 158 valence electrons. The van der Waals surface area contributed by atoms with Crippen LogP contribution in [0.15, 0.2) is 53.9 Å². The Kier molecular flexibility index (Phi) is 6.12. The van der Waals surface area contributed by atoms with Gasteiger partial charge in [-0.15, -0.1) is 0 Å². The summed E-state index contributed by atoms with van der Waals surface area (Å²) in [6.45, 7) is 0.290. The van der Waals surface area contributed by atoms with Gasteiger partial charge in [0.05, 0.1) is 22.2 Å². The normalized spacial score (nSPS) is 11.0. The maximum Gasteiger partial charge on any atom is 0.311 e. The van der Waals surface area contributed by atoms with E-state index in [2.05, 4.69) is 9.97 Å². The number of aromatic nitrogens is 4. The van der Waals surface area contributed by atoms with E-state index in [0.29, 0.717) is 33.3 Å². The number of fused-ring (bicyclic) bond motifs is 1. The van der Waals surface area contributed by atoms with Gasteiger partial charge in [-0.25, -0.2) is 9.97 Å². The van der Waals surface area contributed by atoms with Crippen molar-refractivity contribution >= 4 is 52.1 Å². The van der Waals surface area contributed by atoms with Gasteiger partial charge in [0.1, 0.15) is 5.65 Å². The Hall–Kier alpha value is -3.08. The van der Waals surface area contributed by atoms with Crippen LogP contribution >= 0.6 is 35.0 Å². The summed E-state index contributed by atoms with van der Waals surface area (Å²) < 4.78 is 7.42. The molecule has 0 aliphatic carbocycles. The molecular weight excluding hydrogens is 463 g/mol. The smallest absolute Gasteiger partial charge is 0.311 e. The van der Waals surface area contributed by atoms with Gasteiger partial charge in [0.25, 0.3) is 0 Å². The standard InChI is InChI=1S/C19H14Cl2N6O3S/c20-11-1-2-12(13(21)9-11)14-10-16-23-5-6-26(16)19(24-14)31-8-7-30-17-4-3-15(27(28)29)18(22)25-17/h1-6,9-10H,7-8H2,(H2,22,25). The van der Waals surface area contributed by atoms with Crippen molar-refractivity contribution in [2.75, 3.05) is 18.1 Å². The molecule has 4 aromatic rings. The highest BCUT2D eigenvalue weighted by molar-refractivity contribution is 7.99. The zero-order valence-electron chi connectivity index (χ0n) is 15.7. The fourth-order valence-electron chi connectivity index (χ4n) is 2.79. The van der Waals surface area contributed by atoms with Crippen molar-refractivity contribution in [2.24, 2.45) is 0 Å². The average molecular weight is 477 g/mol. The molecule has 4 rings (SSSR count). The van der Waals surface area contributed by atoms with Crippen molar-refractivity contribution in [3.8, 4) is 17.1 Å². The number of nitro groups is 1. The molecule has 0 fully saturated rings. The van der Waals surface area contributed by atoms with E-state index in [0.717, 1.165) is 11.2 Å². The van der Waals surface area contributed by atoms with Crippen LogP contribution in [0.25, 0.3) is 16.9 Å². The molecule has 0 aliphatic rings. The molecule has 3 aromatic heterocycles. The summed E-state index contributed by atoms with van der Waals surface area (Å²) in [5, 5.41) is 12.6. The lowest BCUT2D eigenvalue weighted by atomic mass is 10.1. The summed E-state index contributed by atoms with van der Waals surface area (Å²) >= 11 is 13.8. The van der Waals surface area contributed by atoms with Gasteiger partial charge in [-0.2, -0.15) is 4.98 Å². The molecule has 0 aliphatic heterocycles. The molecule has 0 saturated heterocycles. The fraction of sp³-hybridized carbons (Fsp3) is 0.105. The number of imidazole rings is 1. The minimum absolute atomic E-state index is 0.190. The molecule has 9 nitrogen and oxygen atoms in total. The lowest BCUT2D eigenvalue weighted by Crippen LogP contribution is -2.05. The molecule has 0 unspecified atom stereocenters. The van der Waals surface area contributed by atoms with E-state index >= 15 is 0 Å². The first-order valence-electron chi connectivity index (χ1n) is 8.88. The number of nitrogens with two attached hydrogens (primary N) is 1. The van der Waals surface area contributed by atoms with Crippen LogP contribution in [-0.2, 0) is 0 Å². The highest BCUT2D eigenvalue weighted by Crippen LogP contribution is 2.31. The number of thioether (sulfide) groups is 1.